The Kier molecular flexibility index (Phi) is 4.22. The van der Waals surface area contributed by atoms with E-state index >= 15 is 0 Å². The van der Waals surface area contributed by atoms with Crippen LogP contribution in [-0.2, 0) is 11.2 Å². The van der Waals surface area contributed by atoms with Crippen LogP contribution in [0.2, 0.25) is 0 Å². The largest absolute Gasteiger partial charge is 0.300 e. The molecule has 0 amide bonds. The highest BCUT2D eigenvalue weighted by molar-refractivity contribution is 5.94. The lowest BCUT2D eigenvalue weighted by Gasteiger charge is -2.02. The number of benzene rings is 1. The maximum absolute atomic E-state index is 11.1. The zero-order valence-corrected chi connectivity index (χ0v) is 9.25. The zero-order chi connectivity index (χ0) is 11.3. The van der Waals surface area contributed by atoms with Crippen LogP contribution in [0, 0.1) is 0 Å². The minimum absolute atomic E-state index is 0.0682. The smallest absolute Gasteiger partial charge is 0.159 e. The van der Waals surface area contributed by atoms with Crippen molar-refractivity contribution < 1.29 is 9.59 Å². The van der Waals surface area contributed by atoms with Gasteiger partial charge in [-0.2, -0.15) is 0 Å². The summed E-state index contributed by atoms with van der Waals surface area (Å²) in [5, 5.41) is 0. The van der Waals surface area contributed by atoms with Gasteiger partial charge in [-0.3, -0.25) is 9.59 Å². The minimum Gasteiger partial charge on any atom is -0.300 e. The average Bonchev–Trinajstić information content (AvgIpc) is 2.26. The standard InChI is InChI=1S/C13H16O2/c1-3-13(15)8-7-11-5-4-6-12(9-11)10(2)14/h4-6,9H,3,7-8H2,1-2H3. The fraction of sp³-hybridized carbons (Fsp3) is 0.385. The number of rotatable bonds is 5. The maximum atomic E-state index is 11.1. The van der Waals surface area contributed by atoms with Crippen molar-refractivity contribution in [3.05, 3.63) is 35.4 Å². The Morgan fingerprint density at radius 1 is 1.27 bits per heavy atom. The molecule has 0 aliphatic carbocycles. The summed E-state index contributed by atoms with van der Waals surface area (Å²) in [6, 6.07) is 7.48. The summed E-state index contributed by atoms with van der Waals surface area (Å²) in [5.41, 5.74) is 1.78. The Bertz CT molecular complexity index is 367. The molecule has 2 nitrogen and oxygen atoms in total. The number of hydrogen-bond donors (Lipinski definition) is 0. The van der Waals surface area contributed by atoms with Crippen molar-refractivity contribution in [2.45, 2.75) is 33.1 Å². The third-order valence-electron chi connectivity index (χ3n) is 2.42. The Morgan fingerprint density at radius 3 is 2.60 bits per heavy atom. The second kappa shape index (κ2) is 5.44. The molecule has 15 heavy (non-hydrogen) atoms. The number of hydrogen-bond acceptors (Lipinski definition) is 2. The molecule has 0 atom stereocenters. The van der Waals surface area contributed by atoms with Crippen molar-refractivity contribution >= 4 is 11.6 Å². The average molecular weight is 204 g/mol. The molecule has 0 unspecified atom stereocenters. The Hall–Kier alpha value is -1.44. The number of carbonyl (C=O) groups excluding carboxylic acids is 2. The number of ketones is 2. The highest BCUT2D eigenvalue weighted by Gasteiger charge is 2.02. The van der Waals surface area contributed by atoms with E-state index in [1.807, 2.05) is 25.1 Å². The molecule has 80 valence electrons. The summed E-state index contributed by atoms with van der Waals surface area (Å²) < 4.78 is 0. The number of aryl methyl sites for hydroxylation is 1. The zero-order valence-electron chi connectivity index (χ0n) is 9.25. The molecule has 1 aromatic carbocycles. The summed E-state index contributed by atoms with van der Waals surface area (Å²) in [4.78, 5) is 22.3. The molecule has 0 aliphatic rings. The third kappa shape index (κ3) is 3.66. The van der Waals surface area contributed by atoms with E-state index in [2.05, 4.69) is 0 Å². The van der Waals surface area contributed by atoms with Gasteiger partial charge in [0.2, 0.25) is 0 Å². The van der Waals surface area contributed by atoms with Gasteiger partial charge in [-0.15, -0.1) is 0 Å². The monoisotopic (exact) mass is 204 g/mol. The van der Waals surface area contributed by atoms with Crippen molar-refractivity contribution in [3.63, 3.8) is 0 Å². The lowest BCUT2D eigenvalue weighted by molar-refractivity contribution is -0.118. The van der Waals surface area contributed by atoms with Crippen molar-refractivity contribution in [3.8, 4) is 0 Å². The molecule has 1 aromatic rings. The summed E-state index contributed by atoms with van der Waals surface area (Å²) in [6.45, 7) is 3.42. The van der Waals surface area contributed by atoms with E-state index < -0.39 is 0 Å². The molecule has 0 aliphatic heterocycles. The quantitative estimate of drug-likeness (QED) is 0.691. The summed E-state index contributed by atoms with van der Waals surface area (Å²) in [6.07, 6.45) is 1.89. The molecule has 0 heterocycles. The predicted molar refractivity (Wildman–Crippen MR) is 60.1 cm³/mol. The molecule has 1 rings (SSSR count). The molecule has 0 saturated carbocycles. The SMILES string of the molecule is CCC(=O)CCc1cccc(C(C)=O)c1. The van der Waals surface area contributed by atoms with Crippen molar-refractivity contribution in [1.29, 1.82) is 0 Å². The Morgan fingerprint density at radius 2 is 2.00 bits per heavy atom. The molecule has 0 spiro atoms. The molecular formula is C13H16O2. The van der Waals surface area contributed by atoms with Crippen LogP contribution in [-0.4, -0.2) is 11.6 Å². The molecule has 2 heteroatoms. The first kappa shape index (κ1) is 11.6. The van der Waals surface area contributed by atoms with Gasteiger partial charge in [0.05, 0.1) is 0 Å². The second-order valence-electron chi connectivity index (χ2n) is 3.65. The Labute approximate surface area is 90.3 Å². The van der Waals surface area contributed by atoms with Crippen molar-refractivity contribution in [2.75, 3.05) is 0 Å². The van der Waals surface area contributed by atoms with E-state index in [0.717, 1.165) is 17.5 Å². The third-order valence-corrected chi connectivity index (χ3v) is 2.42. The summed E-state index contributed by atoms with van der Waals surface area (Å²) in [5.74, 6) is 0.335. The molecular weight excluding hydrogens is 188 g/mol. The number of carbonyl (C=O) groups is 2. The molecule has 0 bridgehead atoms. The van der Waals surface area contributed by atoms with Crippen LogP contribution in [0.5, 0.6) is 0 Å². The lowest BCUT2D eigenvalue weighted by Crippen LogP contribution is -1.99. The van der Waals surface area contributed by atoms with Gasteiger partial charge in [0.15, 0.2) is 5.78 Å². The fourth-order valence-electron chi connectivity index (χ4n) is 1.41. The maximum Gasteiger partial charge on any atom is 0.159 e. The van der Waals surface area contributed by atoms with Gasteiger partial charge in [0.25, 0.3) is 0 Å². The Balaban J connectivity index is 2.66. The summed E-state index contributed by atoms with van der Waals surface area (Å²) >= 11 is 0. The molecule has 0 aromatic heterocycles. The number of Topliss-reactive ketones (excluding diaryl/α,β-unsaturated/α-hetero) is 2. The molecule has 0 N–H and O–H groups in total. The normalized spacial score (nSPS) is 10.0. The van der Waals surface area contributed by atoms with Gasteiger partial charge in [0.1, 0.15) is 5.78 Å². The van der Waals surface area contributed by atoms with Gasteiger partial charge >= 0.3 is 0 Å². The minimum atomic E-state index is 0.0682. The van der Waals surface area contributed by atoms with Gasteiger partial charge in [-0.25, -0.2) is 0 Å². The highest BCUT2D eigenvalue weighted by Crippen LogP contribution is 2.09. The van der Waals surface area contributed by atoms with E-state index in [-0.39, 0.29) is 11.6 Å². The van der Waals surface area contributed by atoms with Gasteiger partial charge in [0, 0.05) is 18.4 Å². The van der Waals surface area contributed by atoms with Crippen LogP contribution in [0.1, 0.15) is 42.6 Å². The van der Waals surface area contributed by atoms with Crippen LogP contribution in [0.3, 0.4) is 0 Å². The fourth-order valence-corrected chi connectivity index (χ4v) is 1.41. The molecule has 0 fully saturated rings. The highest BCUT2D eigenvalue weighted by atomic mass is 16.1. The van der Waals surface area contributed by atoms with E-state index in [1.165, 1.54) is 0 Å². The van der Waals surface area contributed by atoms with Crippen LogP contribution in [0.15, 0.2) is 24.3 Å². The van der Waals surface area contributed by atoms with E-state index in [1.54, 1.807) is 13.0 Å². The van der Waals surface area contributed by atoms with E-state index in [4.69, 9.17) is 0 Å². The van der Waals surface area contributed by atoms with Crippen molar-refractivity contribution in [1.82, 2.24) is 0 Å². The summed E-state index contributed by atoms with van der Waals surface area (Å²) in [7, 11) is 0. The molecule has 0 radical (unpaired) electrons. The molecule has 0 saturated heterocycles. The van der Waals surface area contributed by atoms with Crippen LogP contribution < -0.4 is 0 Å². The van der Waals surface area contributed by atoms with Crippen LogP contribution in [0.25, 0.3) is 0 Å². The first-order chi connectivity index (χ1) is 7.13. The first-order valence-electron chi connectivity index (χ1n) is 5.25. The predicted octanol–water partition coefficient (Wildman–Crippen LogP) is 2.80. The van der Waals surface area contributed by atoms with Gasteiger partial charge in [-0.1, -0.05) is 25.1 Å². The second-order valence-corrected chi connectivity index (χ2v) is 3.65. The van der Waals surface area contributed by atoms with E-state index in [0.29, 0.717) is 12.8 Å². The lowest BCUT2D eigenvalue weighted by atomic mass is 10.0. The topological polar surface area (TPSA) is 34.1 Å². The van der Waals surface area contributed by atoms with Gasteiger partial charge in [-0.05, 0) is 25.0 Å². The van der Waals surface area contributed by atoms with E-state index in [9.17, 15) is 9.59 Å². The van der Waals surface area contributed by atoms with Crippen LogP contribution >= 0.6 is 0 Å². The van der Waals surface area contributed by atoms with Gasteiger partial charge < -0.3 is 0 Å². The van der Waals surface area contributed by atoms with Crippen LogP contribution in [0.4, 0.5) is 0 Å². The van der Waals surface area contributed by atoms with Crippen molar-refractivity contribution in [2.24, 2.45) is 0 Å². The first-order valence-corrected chi connectivity index (χ1v) is 5.25.